The standard InChI is InChI=1S/C14H16N2O5/c17-13(15-6-5-11(9-15)8-14(18)19)7-10-1-3-12(4-2-10)16(20)21/h1-4,11H,5-9H2,(H,18,19). The molecule has 7 nitrogen and oxygen atoms in total. The van der Waals surface area contributed by atoms with Crippen molar-refractivity contribution in [1.82, 2.24) is 4.90 Å². The molecule has 112 valence electrons. The maximum Gasteiger partial charge on any atom is 0.303 e. The molecule has 1 amide bonds. The van der Waals surface area contributed by atoms with Gasteiger partial charge in [0.2, 0.25) is 5.91 Å². The van der Waals surface area contributed by atoms with Crippen molar-refractivity contribution >= 4 is 17.6 Å². The summed E-state index contributed by atoms with van der Waals surface area (Å²) in [5.41, 5.74) is 0.709. The van der Waals surface area contributed by atoms with Crippen molar-refractivity contribution in [2.75, 3.05) is 13.1 Å². The first kappa shape index (κ1) is 15.0. The molecule has 21 heavy (non-hydrogen) atoms. The van der Waals surface area contributed by atoms with Gasteiger partial charge in [0.1, 0.15) is 0 Å². The Morgan fingerprint density at radius 3 is 2.57 bits per heavy atom. The molecule has 2 rings (SSSR count). The number of rotatable bonds is 5. The van der Waals surface area contributed by atoms with Gasteiger partial charge in [-0.25, -0.2) is 0 Å². The summed E-state index contributed by atoms with van der Waals surface area (Å²) in [6, 6.07) is 5.89. The first-order valence-electron chi connectivity index (χ1n) is 6.68. The Morgan fingerprint density at radius 1 is 1.33 bits per heavy atom. The van der Waals surface area contributed by atoms with Crippen LogP contribution in [0.25, 0.3) is 0 Å². The normalized spacial score (nSPS) is 17.7. The minimum Gasteiger partial charge on any atom is -0.481 e. The number of nitro benzene ring substituents is 1. The Labute approximate surface area is 121 Å². The zero-order chi connectivity index (χ0) is 15.4. The second-order valence-corrected chi connectivity index (χ2v) is 5.19. The Hall–Kier alpha value is -2.44. The lowest BCUT2D eigenvalue weighted by Gasteiger charge is -2.16. The van der Waals surface area contributed by atoms with Crippen LogP contribution in [0, 0.1) is 16.0 Å². The number of nitro groups is 1. The number of hydrogen-bond acceptors (Lipinski definition) is 4. The highest BCUT2D eigenvalue weighted by molar-refractivity contribution is 5.79. The van der Waals surface area contributed by atoms with Crippen LogP contribution < -0.4 is 0 Å². The SMILES string of the molecule is O=C(O)CC1CCN(C(=O)Cc2ccc([N+](=O)[O-])cc2)C1. The van der Waals surface area contributed by atoms with Crippen LogP contribution in [0.3, 0.4) is 0 Å². The summed E-state index contributed by atoms with van der Waals surface area (Å²) in [6.07, 6.45) is 0.970. The maximum atomic E-state index is 12.1. The van der Waals surface area contributed by atoms with Gasteiger partial charge in [-0.15, -0.1) is 0 Å². The number of amides is 1. The summed E-state index contributed by atoms with van der Waals surface area (Å²) < 4.78 is 0. The molecule has 1 heterocycles. The van der Waals surface area contributed by atoms with Crippen LogP contribution in [0.4, 0.5) is 5.69 Å². The van der Waals surface area contributed by atoms with Gasteiger partial charge in [-0.2, -0.15) is 0 Å². The summed E-state index contributed by atoms with van der Waals surface area (Å²) in [4.78, 5) is 34.5. The molecule has 0 saturated carbocycles. The third-order valence-corrected chi connectivity index (χ3v) is 3.60. The number of aliphatic carboxylic acids is 1. The molecule has 0 aliphatic carbocycles. The van der Waals surface area contributed by atoms with Crippen LogP contribution in [-0.4, -0.2) is 39.9 Å². The first-order chi connectivity index (χ1) is 9.95. The topological polar surface area (TPSA) is 101 Å². The zero-order valence-corrected chi connectivity index (χ0v) is 11.4. The van der Waals surface area contributed by atoms with Gasteiger partial charge in [0.05, 0.1) is 11.3 Å². The minimum absolute atomic E-state index is 0.00565. The van der Waals surface area contributed by atoms with E-state index in [-0.39, 0.29) is 30.4 Å². The van der Waals surface area contributed by atoms with E-state index in [9.17, 15) is 19.7 Å². The quantitative estimate of drug-likeness (QED) is 0.654. The highest BCUT2D eigenvalue weighted by Crippen LogP contribution is 2.21. The molecule has 0 radical (unpaired) electrons. The van der Waals surface area contributed by atoms with E-state index in [0.717, 1.165) is 0 Å². The number of carbonyl (C=O) groups is 2. The summed E-state index contributed by atoms with van der Waals surface area (Å²) in [6.45, 7) is 1.04. The van der Waals surface area contributed by atoms with Crippen molar-refractivity contribution in [2.45, 2.75) is 19.3 Å². The Bertz CT molecular complexity index is 555. The van der Waals surface area contributed by atoms with Crippen molar-refractivity contribution in [1.29, 1.82) is 0 Å². The summed E-state index contributed by atoms with van der Waals surface area (Å²) in [7, 11) is 0. The maximum absolute atomic E-state index is 12.1. The molecule has 1 atom stereocenters. The molecule has 1 N–H and O–H groups in total. The van der Waals surface area contributed by atoms with E-state index in [2.05, 4.69) is 0 Å². The van der Waals surface area contributed by atoms with Crippen molar-refractivity contribution < 1.29 is 19.6 Å². The van der Waals surface area contributed by atoms with Crippen LogP contribution in [0.2, 0.25) is 0 Å². The molecule has 1 saturated heterocycles. The Morgan fingerprint density at radius 2 is 2.00 bits per heavy atom. The molecule has 1 fully saturated rings. The molecule has 1 aromatic carbocycles. The number of benzene rings is 1. The third-order valence-electron chi connectivity index (χ3n) is 3.60. The van der Waals surface area contributed by atoms with Crippen molar-refractivity contribution in [3.8, 4) is 0 Å². The van der Waals surface area contributed by atoms with Crippen molar-refractivity contribution in [2.24, 2.45) is 5.92 Å². The summed E-state index contributed by atoms with van der Waals surface area (Å²) in [5.74, 6) is -0.898. The van der Waals surface area contributed by atoms with E-state index in [4.69, 9.17) is 5.11 Å². The number of carboxylic acid groups (broad SMARTS) is 1. The number of nitrogens with zero attached hydrogens (tertiary/aromatic N) is 2. The van der Waals surface area contributed by atoms with Gasteiger partial charge in [0.15, 0.2) is 0 Å². The van der Waals surface area contributed by atoms with Crippen LogP contribution in [0.15, 0.2) is 24.3 Å². The molecule has 1 aromatic rings. The van der Waals surface area contributed by atoms with Crippen molar-refractivity contribution in [3.63, 3.8) is 0 Å². The highest BCUT2D eigenvalue weighted by Gasteiger charge is 2.27. The molecule has 1 aliphatic heterocycles. The van der Waals surface area contributed by atoms with Crippen molar-refractivity contribution in [3.05, 3.63) is 39.9 Å². The molecule has 1 aliphatic rings. The fourth-order valence-electron chi connectivity index (χ4n) is 2.49. The zero-order valence-electron chi connectivity index (χ0n) is 11.4. The van der Waals surface area contributed by atoms with Gasteiger partial charge in [-0.05, 0) is 17.9 Å². The molecular weight excluding hydrogens is 276 g/mol. The summed E-state index contributed by atoms with van der Waals surface area (Å²) in [5, 5.41) is 19.3. The predicted octanol–water partition coefficient (Wildman–Crippen LogP) is 1.46. The van der Waals surface area contributed by atoms with Crippen LogP contribution >= 0.6 is 0 Å². The lowest BCUT2D eigenvalue weighted by molar-refractivity contribution is -0.384. The van der Waals surface area contributed by atoms with E-state index in [1.54, 1.807) is 17.0 Å². The number of carbonyl (C=O) groups excluding carboxylic acids is 1. The fourth-order valence-corrected chi connectivity index (χ4v) is 2.49. The van der Waals surface area contributed by atoms with E-state index in [0.29, 0.717) is 25.1 Å². The highest BCUT2D eigenvalue weighted by atomic mass is 16.6. The smallest absolute Gasteiger partial charge is 0.303 e. The second kappa shape index (κ2) is 6.34. The molecule has 1 unspecified atom stereocenters. The van der Waals surface area contributed by atoms with Crippen LogP contribution in [-0.2, 0) is 16.0 Å². The molecule has 0 spiro atoms. The second-order valence-electron chi connectivity index (χ2n) is 5.19. The number of likely N-dealkylation sites (tertiary alicyclic amines) is 1. The molecule has 0 bridgehead atoms. The van der Waals surface area contributed by atoms with Gasteiger partial charge in [0.25, 0.3) is 5.69 Å². The van der Waals surface area contributed by atoms with Gasteiger partial charge in [-0.3, -0.25) is 19.7 Å². The van der Waals surface area contributed by atoms with Gasteiger partial charge >= 0.3 is 5.97 Å². The summed E-state index contributed by atoms with van der Waals surface area (Å²) >= 11 is 0. The average molecular weight is 292 g/mol. The fraction of sp³-hybridized carbons (Fsp3) is 0.429. The largest absolute Gasteiger partial charge is 0.481 e. The lowest BCUT2D eigenvalue weighted by Crippen LogP contribution is -2.30. The number of hydrogen-bond donors (Lipinski definition) is 1. The first-order valence-corrected chi connectivity index (χ1v) is 6.68. The van der Waals surface area contributed by atoms with Gasteiger partial charge in [-0.1, -0.05) is 12.1 Å². The monoisotopic (exact) mass is 292 g/mol. The van der Waals surface area contributed by atoms with E-state index >= 15 is 0 Å². The van der Waals surface area contributed by atoms with Crippen LogP contribution in [0.1, 0.15) is 18.4 Å². The van der Waals surface area contributed by atoms with Gasteiger partial charge in [0, 0.05) is 31.6 Å². The predicted molar refractivity (Wildman–Crippen MR) is 73.7 cm³/mol. The molecule has 0 aromatic heterocycles. The Kier molecular flexibility index (Phi) is 4.52. The lowest BCUT2D eigenvalue weighted by atomic mass is 10.1. The minimum atomic E-state index is -0.843. The van der Waals surface area contributed by atoms with E-state index < -0.39 is 10.9 Å². The van der Waals surface area contributed by atoms with E-state index in [1.165, 1.54) is 12.1 Å². The van der Waals surface area contributed by atoms with Crippen LogP contribution in [0.5, 0.6) is 0 Å². The van der Waals surface area contributed by atoms with E-state index in [1.807, 2.05) is 0 Å². The molecular formula is C14H16N2O5. The van der Waals surface area contributed by atoms with Gasteiger partial charge < -0.3 is 10.0 Å². The number of non-ortho nitro benzene ring substituents is 1. The third kappa shape index (κ3) is 4.01. The molecule has 7 heteroatoms. The number of carboxylic acids is 1. The Balaban J connectivity index is 1.90. The average Bonchev–Trinajstić information content (AvgIpc) is 2.87.